The van der Waals surface area contributed by atoms with Crippen molar-refractivity contribution >= 4 is 23.3 Å². The minimum Gasteiger partial charge on any atom is -0.375 e. The number of hydrogen-bond donors (Lipinski definition) is 3. The van der Waals surface area contributed by atoms with Crippen LogP contribution in [0.4, 0.5) is 5.95 Å². The van der Waals surface area contributed by atoms with Crippen molar-refractivity contribution in [2.45, 2.75) is 0 Å². The van der Waals surface area contributed by atoms with Crippen LogP contribution in [0.2, 0.25) is 0 Å². The number of hydrazine groups is 1. The van der Waals surface area contributed by atoms with Gasteiger partial charge in [-0.25, -0.2) is 4.98 Å². The number of nitrogens with two attached hydrogens (primary N) is 1. The zero-order chi connectivity index (χ0) is 16.1. The van der Waals surface area contributed by atoms with Crippen molar-refractivity contribution in [1.29, 1.82) is 0 Å². The molecule has 2 aromatic carbocycles. The first-order valence-corrected chi connectivity index (χ1v) is 7.32. The van der Waals surface area contributed by atoms with E-state index >= 15 is 0 Å². The first-order valence-electron chi connectivity index (χ1n) is 6.91. The van der Waals surface area contributed by atoms with Gasteiger partial charge in [0.2, 0.25) is 0 Å². The van der Waals surface area contributed by atoms with Gasteiger partial charge in [0.1, 0.15) is 11.4 Å². The van der Waals surface area contributed by atoms with Crippen LogP contribution in [0.15, 0.2) is 60.7 Å². The van der Waals surface area contributed by atoms with Gasteiger partial charge in [-0.15, -0.1) is 10.2 Å². The summed E-state index contributed by atoms with van der Waals surface area (Å²) in [7, 11) is 0. The normalized spacial score (nSPS) is 10.1. The highest BCUT2D eigenvalue weighted by Crippen LogP contribution is 2.28. The van der Waals surface area contributed by atoms with Gasteiger partial charge in [-0.1, -0.05) is 60.7 Å². The van der Waals surface area contributed by atoms with E-state index in [1.807, 2.05) is 60.7 Å². The van der Waals surface area contributed by atoms with Crippen LogP contribution in [0.25, 0.3) is 22.5 Å². The third-order valence-electron chi connectivity index (χ3n) is 3.08. The number of rotatable bonds is 4. The van der Waals surface area contributed by atoms with Crippen molar-refractivity contribution in [3.63, 3.8) is 0 Å². The molecule has 23 heavy (non-hydrogen) atoms. The van der Waals surface area contributed by atoms with E-state index < -0.39 is 0 Å². The summed E-state index contributed by atoms with van der Waals surface area (Å²) in [5, 5.41) is 8.47. The lowest BCUT2D eigenvalue weighted by Crippen LogP contribution is -2.34. The Bertz CT molecular complexity index is 807. The number of benzene rings is 2. The number of nitrogens with zero attached hydrogens (tertiary/aromatic N) is 3. The SMILES string of the molecule is NC(=S)NNc1nnc(-c2ccccc2)c(-c2ccccc2)n1. The molecule has 1 aromatic heterocycles. The van der Waals surface area contributed by atoms with E-state index in [1.54, 1.807) is 0 Å². The van der Waals surface area contributed by atoms with E-state index in [0.29, 0.717) is 5.69 Å². The molecule has 0 fully saturated rings. The van der Waals surface area contributed by atoms with Crippen LogP contribution in [-0.4, -0.2) is 20.3 Å². The largest absolute Gasteiger partial charge is 0.375 e. The maximum absolute atomic E-state index is 5.39. The molecule has 0 saturated carbocycles. The molecule has 1 heterocycles. The third kappa shape index (κ3) is 3.58. The van der Waals surface area contributed by atoms with Gasteiger partial charge >= 0.3 is 0 Å². The van der Waals surface area contributed by atoms with Crippen LogP contribution in [-0.2, 0) is 0 Å². The van der Waals surface area contributed by atoms with Gasteiger partial charge in [0.25, 0.3) is 5.95 Å². The fourth-order valence-corrected chi connectivity index (χ4v) is 2.14. The van der Waals surface area contributed by atoms with Gasteiger partial charge in [0.15, 0.2) is 5.11 Å². The number of thiocarbonyl (C=S) groups is 1. The highest BCUT2D eigenvalue weighted by atomic mass is 32.1. The van der Waals surface area contributed by atoms with Crippen LogP contribution in [0.5, 0.6) is 0 Å². The third-order valence-corrected chi connectivity index (χ3v) is 3.18. The number of hydrogen-bond acceptors (Lipinski definition) is 5. The Morgan fingerprint density at radius 2 is 1.39 bits per heavy atom. The Morgan fingerprint density at radius 3 is 1.96 bits per heavy atom. The summed E-state index contributed by atoms with van der Waals surface area (Å²) in [6, 6.07) is 19.6. The molecule has 0 aliphatic carbocycles. The van der Waals surface area contributed by atoms with Crippen LogP contribution >= 0.6 is 12.2 Å². The lowest BCUT2D eigenvalue weighted by atomic mass is 10.0. The Kier molecular flexibility index (Phi) is 4.39. The molecule has 114 valence electrons. The average Bonchev–Trinajstić information content (AvgIpc) is 2.61. The molecule has 0 atom stereocenters. The molecule has 0 bridgehead atoms. The lowest BCUT2D eigenvalue weighted by molar-refractivity contribution is 0.944. The highest BCUT2D eigenvalue weighted by molar-refractivity contribution is 7.80. The van der Waals surface area contributed by atoms with Crippen LogP contribution < -0.4 is 16.6 Å². The maximum Gasteiger partial charge on any atom is 0.262 e. The first-order chi connectivity index (χ1) is 11.2. The smallest absolute Gasteiger partial charge is 0.262 e. The predicted octanol–water partition coefficient (Wildman–Crippen LogP) is 2.37. The van der Waals surface area contributed by atoms with Gasteiger partial charge in [-0.05, 0) is 12.2 Å². The second-order valence-electron chi connectivity index (χ2n) is 4.68. The van der Waals surface area contributed by atoms with E-state index in [9.17, 15) is 0 Å². The van der Waals surface area contributed by atoms with E-state index in [2.05, 4.69) is 26.0 Å². The molecule has 0 unspecified atom stereocenters. The zero-order valence-electron chi connectivity index (χ0n) is 12.1. The minimum absolute atomic E-state index is 0.0991. The molecular weight excluding hydrogens is 308 g/mol. The first kappa shape index (κ1) is 14.9. The second-order valence-corrected chi connectivity index (χ2v) is 5.12. The van der Waals surface area contributed by atoms with E-state index in [0.717, 1.165) is 16.8 Å². The van der Waals surface area contributed by atoms with E-state index in [-0.39, 0.29) is 11.1 Å². The summed E-state index contributed by atoms with van der Waals surface area (Å²) in [6.45, 7) is 0. The minimum atomic E-state index is 0.0991. The van der Waals surface area contributed by atoms with Crippen molar-refractivity contribution in [2.24, 2.45) is 5.73 Å². The second kappa shape index (κ2) is 6.80. The van der Waals surface area contributed by atoms with Crippen molar-refractivity contribution in [1.82, 2.24) is 20.6 Å². The van der Waals surface area contributed by atoms with Gasteiger partial charge in [-0.3, -0.25) is 10.9 Å². The summed E-state index contributed by atoms with van der Waals surface area (Å²) < 4.78 is 0. The van der Waals surface area contributed by atoms with Crippen molar-refractivity contribution in [3.05, 3.63) is 60.7 Å². The molecule has 0 saturated heterocycles. The molecule has 0 spiro atoms. The van der Waals surface area contributed by atoms with Gasteiger partial charge in [0.05, 0.1) is 0 Å². The summed E-state index contributed by atoms with van der Waals surface area (Å²) in [5.41, 5.74) is 14.0. The molecule has 4 N–H and O–H groups in total. The molecule has 7 heteroatoms. The molecular formula is C16H14N6S. The monoisotopic (exact) mass is 322 g/mol. The molecule has 0 amide bonds. The van der Waals surface area contributed by atoms with Crippen molar-refractivity contribution in [2.75, 3.05) is 5.43 Å². The van der Waals surface area contributed by atoms with Crippen molar-refractivity contribution in [3.8, 4) is 22.5 Å². The number of aromatic nitrogens is 3. The van der Waals surface area contributed by atoms with Gasteiger partial charge < -0.3 is 5.73 Å². The number of anilines is 1. The average molecular weight is 322 g/mol. The number of nitrogens with one attached hydrogen (secondary N) is 2. The molecule has 6 nitrogen and oxygen atoms in total. The fraction of sp³-hybridized carbons (Fsp3) is 0. The summed E-state index contributed by atoms with van der Waals surface area (Å²) >= 11 is 4.75. The summed E-state index contributed by atoms with van der Waals surface area (Å²) in [6.07, 6.45) is 0. The fourth-order valence-electron chi connectivity index (χ4n) is 2.08. The molecule has 0 aliphatic heterocycles. The van der Waals surface area contributed by atoms with Crippen LogP contribution in [0, 0.1) is 0 Å². The standard InChI is InChI=1S/C16H14N6S/c17-15(23)20-22-16-18-13(11-7-3-1-4-8-11)14(19-21-16)12-9-5-2-6-10-12/h1-10H,(H3,17,20,23)(H,18,21,22). The lowest BCUT2D eigenvalue weighted by Gasteiger charge is -2.11. The zero-order valence-corrected chi connectivity index (χ0v) is 12.9. The van der Waals surface area contributed by atoms with Gasteiger partial charge in [-0.2, -0.15) is 0 Å². The summed E-state index contributed by atoms with van der Waals surface area (Å²) in [4.78, 5) is 4.53. The van der Waals surface area contributed by atoms with E-state index in [1.165, 1.54) is 0 Å². The molecule has 3 aromatic rings. The maximum atomic E-state index is 5.39. The summed E-state index contributed by atoms with van der Waals surface area (Å²) in [5.74, 6) is 0.288. The van der Waals surface area contributed by atoms with Crippen LogP contribution in [0.1, 0.15) is 0 Å². The highest BCUT2D eigenvalue weighted by Gasteiger charge is 2.13. The van der Waals surface area contributed by atoms with E-state index in [4.69, 9.17) is 18.0 Å². The Labute approximate surface area is 138 Å². The van der Waals surface area contributed by atoms with Crippen molar-refractivity contribution < 1.29 is 0 Å². The Hall–Kier alpha value is -3.06. The Balaban J connectivity index is 2.07. The molecule has 0 aliphatic rings. The molecule has 0 radical (unpaired) electrons. The predicted molar refractivity (Wildman–Crippen MR) is 94.2 cm³/mol. The topological polar surface area (TPSA) is 88.8 Å². The molecule has 3 rings (SSSR count). The quantitative estimate of drug-likeness (QED) is 0.502. The van der Waals surface area contributed by atoms with Gasteiger partial charge in [0, 0.05) is 11.1 Å². The van der Waals surface area contributed by atoms with Crippen LogP contribution in [0.3, 0.4) is 0 Å². The Morgan fingerprint density at radius 1 is 0.826 bits per heavy atom.